The van der Waals surface area contributed by atoms with E-state index in [1.54, 1.807) is 11.8 Å². The van der Waals surface area contributed by atoms with E-state index in [2.05, 4.69) is 18.3 Å². The van der Waals surface area contributed by atoms with Crippen LogP contribution in [-0.4, -0.2) is 41.6 Å². The molecular formula is C32H45NO4S. The molecule has 0 bridgehead atoms. The van der Waals surface area contributed by atoms with E-state index < -0.39 is 12.0 Å². The van der Waals surface area contributed by atoms with Crippen molar-refractivity contribution in [3.63, 3.8) is 0 Å². The lowest BCUT2D eigenvalue weighted by Crippen LogP contribution is -2.41. The van der Waals surface area contributed by atoms with Crippen LogP contribution < -0.4 is 5.32 Å². The van der Waals surface area contributed by atoms with Crippen LogP contribution in [0.5, 0.6) is 0 Å². The molecule has 3 rings (SSSR count). The first-order valence-electron chi connectivity index (χ1n) is 14.3. The molecule has 0 radical (unpaired) electrons. The molecule has 1 amide bonds. The zero-order valence-electron chi connectivity index (χ0n) is 23.3. The van der Waals surface area contributed by atoms with Gasteiger partial charge in [0.05, 0.1) is 6.10 Å². The minimum Gasteiger partial charge on any atom is -0.480 e. The van der Waals surface area contributed by atoms with E-state index in [1.165, 1.54) is 38.5 Å². The molecule has 1 aliphatic rings. The van der Waals surface area contributed by atoms with Crippen molar-refractivity contribution in [1.29, 1.82) is 0 Å². The molecule has 2 unspecified atom stereocenters. The van der Waals surface area contributed by atoms with Gasteiger partial charge >= 0.3 is 5.97 Å². The summed E-state index contributed by atoms with van der Waals surface area (Å²) < 4.78 is 6.60. The zero-order chi connectivity index (χ0) is 27.3. The number of rotatable bonds is 15. The maximum Gasteiger partial charge on any atom is 0.326 e. The van der Waals surface area contributed by atoms with Gasteiger partial charge in [-0.1, -0.05) is 75.8 Å². The SMILES string of the molecule is CCCCCCOC(c1ccc(C(=O)NC(CCSC)C(=O)O)c(-c2ccccc2C)c1)C1CCCCC1. The molecule has 38 heavy (non-hydrogen) atoms. The van der Waals surface area contributed by atoms with E-state index in [4.69, 9.17) is 4.74 Å². The number of carbonyl (C=O) groups is 2. The van der Waals surface area contributed by atoms with Gasteiger partial charge in [0.2, 0.25) is 0 Å². The summed E-state index contributed by atoms with van der Waals surface area (Å²) in [6.07, 6.45) is 13.1. The van der Waals surface area contributed by atoms with Crippen molar-refractivity contribution in [2.45, 2.75) is 90.2 Å². The van der Waals surface area contributed by atoms with E-state index in [1.807, 2.05) is 49.6 Å². The van der Waals surface area contributed by atoms with Gasteiger partial charge in [-0.3, -0.25) is 4.79 Å². The predicted molar refractivity (Wildman–Crippen MR) is 158 cm³/mol. The third-order valence-electron chi connectivity index (χ3n) is 7.64. The Hall–Kier alpha value is -2.31. The van der Waals surface area contributed by atoms with Crippen molar-refractivity contribution in [2.24, 2.45) is 5.92 Å². The van der Waals surface area contributed by atoms with Crippen LogP contribution in [-0.2, 0) is 9.53 Å². The van der Waals surface area contributed by atoms with Gasteiger partial charge in [-0.05, 0) is 84.9 Å². The van der Waals surface area contributed by atoms with Crippen LogP contribution >= 0.6 is 11.8 Å². The summed E-state index contributed by atoms with van der Waals surface area (Å²) in [4.78, 5) is 25.3. The van der Waals surface area contributed by atoms with Crippen molar-refractivity contribution >= 4 is 23.6 Å². The Balaban J connectivity index is 1.96. The second-order valence-electron chi connectivity index (χ2n) is 10.5. The molecule has 0 spiro atoms. The van der Waals surface area contributed by atoms with Gasteiger partial charge in [0.1, 0.15) is 6.04 Å². The van der Waals surface area contributed by atoms with Gasteiger partial charge in [0, 0.05) is 12.2 Å². The topological polar surface area (TPSA) is 75.6 Å². The van der Waals surface area contributed by atoms with Crippen molar-refractivity contribution in [1.82, 2.24) is 5.32 Å². The van der Waals surface area contributed by atoms with Crippen LogP contribution in [0.4, 0.5) is 0 Å². The lowest BCUT2D eigenvalue weighted by molar-refractivity contribution is -0.139. The molecule has 1 aliphatic carbocycles. The maximum absolute atomic E-state index is 13.5. The summed E-state index contributed by atoms with van der Waals surface area (Å²) >= 11 is 1.57. The molecular weight excluding hydrogens is 494 g/mol. The Morgan fingerprint density at radius 2 is 1.82 bits per heavy atom. The number of amides is 1. The average Bonchev–Trinajstić information content (AvgIpc) is 2.93. The van der Waals surface area contributed by atoms with E-state index in [0.29, 0.717) is 23.7 Å². The van der Waals surface area contributed by atoms with Gasteiger partial charge in [-0.25, -0.2) is 4.79 Å². The van der Waals surface area contributed by atoms with Gasteiger partial charge < -0.3 is 15.2 Å². The molecule has 6 heteroatoms. The number of nitrogens with one attached hydrogen (secondary N) is 1. The fourth-order valence-corrected chi connectivity index (χ4v) is 5.92. The quantitative estimate of drug-likeness (QED) is 0.226. The van der Waals surface area contributed by atoms with E-state index in [0.717, 1.165) is 48.1 Å². The maximum atomic E-state index is 13.5. The Morgan fingerprint density at radius 1 is 1.05 bits per heavy atom. The summed E-state index contributed by atoms with van der Waals surface area (Å²) in [6.45, 7) is 5.02. The number of aliphatic carboxylic acids is 1. The predicted octanol–water partition coefficient (Wildman–Crippen LogP) is 7.82. The molecule has 2 aromatic carbocycles. The molecule has 0 aromatic heterocycles. The number of carboxylic acids is 1. The third-order valence-corrected chi connectivity index (χ3v) is 8.28. The average molecular weight is 540 g/mol. The third kappa shape index (κ3) is 8.60. The molecule has 0 aliphatic heterocycles. The van der Waals surface area contributed by atoms with Crippen LogP contribution in [0.15, 0.2) is 42.5 Å². The molecule has 1 fully saturated rings. The number of ether oxygens (including phenoxy) is 1. The number of carbonyl (C=O) groups excluding carboxylic acids is 1. The normalized spacial score (nSPS) is 15.7. The summed E-state index contributed by atoms with van der Waals surface area (Å²) in [6, 6.07) is 13.2. The summed E-state index contributed by atoms with van der Waals surface area (Å²) in [5.41, 5.74) is 4.51. The monoisotopic (exact) mass is 539 g/mol. The van der Waals surface area contributed by atoms with Crippen LogP contribution in [0.1, 0.15) is 98.7 Å². The van der Waals surface area contributed by atoms with Crippen LogP contribution in [0.3, 0.4) is 0 Å². The van der Waals surface area contributed by atoms with Gasteiger partial charge in [0.25, 0.3) is 5.91 Å². The van der Waals surface area contributed by atoms with Crippen molar-refractivity contribution < 1.29 is 19.4 Å². The van der Waals surface area contributed by atoms with Gasteiger partial charge in [-0.2, -0.15) is 11.8 Å². The highest BCUT2D eigenvalue weighted by molar-refractivity contribution is 7.98. The Kier molecular flexibility index (Phi) is 12.7. The van der Waals surface area contributed by atoms with Gasteiger partial charge in [-0.15, -0.1) is 0 Å². The first kappa shape index (κ1) is 30.2. The summed E-state index contributed by atoms with van der Waals surface area (Å²) in [7, 11) is 0. The number of aryl methyl sites for hydroxylation is 1. The standard InChI is InChI=1S/C32H45NO4S/c1-4-5-6-12-20-37-30(24-14-8-7-9-15-24)25-17-18-27(28(22-25)26-16-11-10-13-23(26)2)31(34)33-29(32(35)36)19-21-38-3/h10-11,13,16-18,22,24,29-30H,4-9,12,14-15,19-21H2,1-3H3,(H,33,34)(H,35,36). The lowest BCUT2D eigenvalue weighted by Gasteiger charge is -2.31. The Morgan fingerprint density at radius 3 is 2.50 bits per heavy atom. The van der Waals surface area contributed by atoms with Crippen LogP contribution in [0, 0.1) is 12.8 Å². The van der Waals surface area contributed by atoms with E-state index in [-0.39, 0.29) is 12.0 Å². The zero-order valence-corrected chi connectivity index (χ0v) is 24.2. The van der Waals surface area contributed by atoms with Crippen LogP contribution in [0.2, 0.25) is 0 Å². The highest BCUT2D eigenvalue weighted by Gasteiger charge is 2.28. The molecule has 0 saturated heterocycles. The second-order valence-corrected chi connectivity index (χ2v) is 11.5. The first-order chi connectivity index (χ1) is 18.5. The van der Waals surface area contributed by atoms with Gasteiger partial charge in [0.15, 0.2) is 0 Å². The number of unbranched alkanes of at least 4 members (excludes halogenated alkanes) is 3. The number of thioether (sulfide) groups is 1. The molecule has 1 saturated carbocycles. The second kappa shape index (κ2) is 15.9. The number of benzene rings is 2. The van der Waals surface area contributed by atoms with E-state index >= 15 is 0 Å². The minimum absolute atomic E-state index is 0.00477. The summed E-state index contributed by atoms with van der Waals surface area (Å²) in [5.74, 6) is -0.213. The molecule has 2 atom stereocenters. The van der Waals surface area contributed by atoms with Crippen LogP contribution in [0.25, 0.3) is 11.1 Å². The largest absolute Gasteiger partial charge is 0.480 e. The first-order valence-corrected chi connectivity index (χ1v) is 15.7. The minimum atomic E-state index is -1.00. The number of hydrogen-bond donors (Lipinski definition) is 2. The highest BCUT2D eigenvalue weighted by Crippen LogP contribution is 2.39. The van der Waals surface area contributed by atoms with E-state index in [9.17, 15) is 14.7 Å². The molecule has 208 valence electrons. The fraction of sp³-hybridized carbons (Fsp3) is 0.562. The fourth-order valence-electron chi connectivity index (χ4n) is 5.44. The summed E-state index contributed by atoms with van der Waals surface area (Å²) in [5, 5.41) is 12.5. The molecule has 2 N–H and O–H groups in total. The lowest BCUT2D eigenvalue weighted by atomic mass is 9.81. The number of hydrogen-bond acceptors (Lipinski definition) is 4. The Bertz CT molecular complexity index is 1030. The number of carboxylic acid groups (broad SMARTS) is 1. The Labute approximate surface area is 233 Å². The molecule has 5 nitrogen and oxygen atoms in total. The van der Waals surface area contributed by atoms with Crippen molar-refractivity contribution in [3.05, 3.63) is 59.2 Å². The molecule has 2 aromatic rings. The smallest absolute Gasteiger partial charge is 0.326 e. The van der Waals surface area contributed by atoms with Crippen molar-refractivity contribution in [3.8, 4) is 11.1 Å². The molecule has 0 heterocycles. The highest BCUT2D eigenvalue weighted by atomic mass is 32.2. The van der Waals surface area contributed by atoms with Crippen molar-refractivity contribution in [2.75, 3.05) is 18.6 Å².